The third-order valence-corrected chi connectivity index (χ3v) is 5.04. The van der Waals surface area contributed by atoms with Crippen molar-refractivity contribution in [3.63, 3.8) is 0 Å². The van der Waals surface area contributed by atoms with Gasteiger partial charge in [-0.05, 0) is 53.6 Å². The fraction of sp³-hybridized carbons (Fsp3) is 0.222. The molecule has 3 aromatic rings. The number of hydrogen-bond donors (Lipinski definition) is 3. The monoisotopic (exact) mass is 480 g/mol. The van der Waals surface area contributed by atoms with E-state index in [0.717, 1.165) is 0 Å². The zero-order chi connectivity index (χ0) is 25.0. The normalized spacial score (nSPS) is 12.1. The van der Waals surface area contributed by atoms with Crippen molar-refractivity contribution in [3.8, 4) is 17.2 Å². The fourth-order valence-corrected chi connectivity index (χ4v) is 3.24. The van der Waals surface area contributed by atoms with E-state index >= 15 is 0 Å². The minimum atomic E-state index is -0.722. The van der Waals surface area contributed by atoms with Crippen molar-refractivity contribution in [1.29, 1.82) is 0 Å². The van der Waals surface area contributed by atoms with Crippen molar-refractivity contribution < 1.29 is 28.5 Å². The van der Waals surface area contributed by atoms with Crippen LogP contribution >= 0.6 is 0 Å². The van der Waals surface area contributed by atoms with Crippen molar-refractivity contribution >= 4 is 17.6 Å². The summed E-state index contributed by atoms with van der Waals surface area (Å²) in [5, 5.41) is 13.3. The molecular formula is C27H29FN2O5. The molecule has 0 bridgehead atoms. The number of primary amides is 1. The van der Waals surface area contributed by atoms with E-state index in [1.165, 1.54) is 12.1 Å². The highest BCUT2D eigenvalue weighted by molar-refractivity contribution is 6.23. The van der Waals surface area contributed by atoms with E-state index in [-0.39, 0.29) is 12.4 Å². The number of nitrogens with one attached hydrogen (secondary N) is 1. The first-order valence-corrected chi connectivity index (χ1v) is 11.1. The van der Waals surface area contributed by atoms with Gasteiger partial charge in [0.15, 0.2) is 11.5 Å². The van der Waals surface area contributed by atoms with Crippen molar-refractivity contribution in [1.82, 2.24) is 5.32 Å². The summed E-state index contributed by atoms with van der Waals surface area (Å²) >= 11 is 0. The highest BCUT2D eigenvalue weighted by Gasteiger charge is 2.10. The number of rotatable bonds is 13. The second kappa shape index (κ2) is 13.1. The van der Waals surface area contributed by atoms with Gasteiger partial charge in [0, 0.05) is 18.7 Å². The van der Waals surface area contributed by atoms with Crippen LogP contribution in [0.25, 0.3) is 11.6 Å². The first-order chi connectivity index (χ1) is 17.0. The van der Waals surface area contributed by atoms with E-state index in [4.69, 9.17) is 19.9 Å². The van der Waals surface area contributed by atoms with Gasteiger partial charge in [-0.25, -0.2) is 4.39 Å². The van der Waals surface area contributed by atoms with E-state index < -0.39 is 12.0 Å². The number of halogens is 1. The van der Waals surface area contributed by atoms with Crippen molar-refractivity contribution in [2.24, 2.45) is 5.73 Å². The summed E-state index contributed by atoms with van der Waals surface area (Å²) in [6.45, 7) is 1.39. The summed E-state index contributed by atoms with van der Waals surface area (Å²) in [4.78, 5) is 11.9. The average Bonchev–Trinajstić information content (AvgIpc) is 2.87. The number of aliphatic hydroxyl groups excluding tert-OH is 1. The summed E-state index contributed by atoms with van der Waals surface area (Å²) in [5.74, 6) is 0.914. The molecule has 35 heavy (non-hydrogen) atoms. The molecule has 0 aliphatic heterocycles. The maximum atomic E-state index is 13.1. The summed E-state index contributed by atoms with van der Waals surface area (Å²) < 4.78 is 29.7. The molecule has 1 unspecified atom stereocenters. The molecule has 7 nitrogen and oxygen atoms in total. The molecule has 0 aromatic heterocycles. The molecule has 0 saturated carbocycles. The lowest BCUT2D eigenvalue weighted by Gasteiger charge is -2.14. The maximum Gasteiger partial charge on any atom is 0.249 e. The van der Waals surface area contributed by atoms with Crippen LogP contribution in [0.3, 0.4) is 0 Å². The van der Waals surface area contributed by atoms with Gasteiger partial charge >= 0.3 is 0 Å². The Morgan fingerprint density at radius 2 is 1.71 bits per heavy atom. The Bertz CT molecular complexity index is 1120. The van der Waals surface area contributed by atoms with Crippen LogP contribution in [-0.4, -0.2) is 50.5 Å². The van der Waals surface area contributed by atoms with Crippen LogP contribution in [-0.2, 0) is 4.79 Å². The van der Waals surface area contributed by atoms with E-state index in [9.17, 15) is 14.3 Å². The molecule has 0 heterocycles. The predicted octanol–water partition coefficient (Wildman–Crippen LogP) is 3.27. The maximum absolute atomic E-state index is 13.1. The van der Waals surface area contributed by atoms with Crippen LogP contribution in [0.15, 0.2) is 72.8 Å². The van der Waals surface area contributed by atoms with Crippen LogP contribution in [0, 0.1) is 5.82 Å². The van der Waals surface area contributed by atoms with Crippen LogP contribution in [0.4, 0.5) is 4.39 Å². The van der Waals surface area contributed by atoms with Crippen LogP contribution in [0.2, 0.25) is 0 Å². The lowest BCUT2D eigenvalue weighted by molar-refractivity contribution is -0.112. The third kappa shape index (κ3) is 8.13. The lowest BCUT2D eigenvalue weighted by atomic mass is 10.0. The first kappa shape index (κ1) is 25.7. The van der Waals surface area contributed by atoms with Crippen molar-refractivity contribution in [3.05, 3.63) is 89.7 Å². The number of hydrogen-bond acceptors (Lipinski definition) is 6. The quantitative estimate of drug-likeness (QED) is 0.197. The SMILES string of the molecule is COc1ccccc1OCCNCC(O)COc1ccc(C(=Cc2ccc(F)cc2)C(N)=O)cc1. The molecule has 1 atom stereocenters. The van der Waals surface area contributed by atoms with E-state index in [1.54, 1.807) is 49.6 Å². The Hall–Kier alpha value is -3.88. The highest BCUT2D eigenvalue weighted by atomic mass is 19.1. The molecule has 0 fully saturated rings. The smallest absolute Gasteiger partial charge is 0.249 e. The van der Waals surface area contributed by atoms with Crippen molar-refractivity contribution in [2.75, 3.05) is 33.4 Å². The van der Waals surface area contributed by atoms with Gasteiger partial charge < -0.3 is 30.4 Å². The van der Waals surface area contributed by atoms with Gasteiger partial charge in [-0.1, -0.05) is 36.4 Å². The third-order valence-electron chi connectivity index (χ3n) is 5.04. The lowest BCUT2D eigenvalue weighted by Crippen LogP contribution is -2.33. The molecule has 0 aliphatic carbocycles. The number of aliphatic hydroxyl groups is 1. The summed E-state index contributed by atoms with van der Waals surface area (Å²) in [6.07, 6.45) is 0.880. The Kier molecular flexibility index (Phi) is 9.65. The van der Waals surface area contributed by atoms with E-state index in [0.29, 0.717) is 53.6 Å². The molecule has 4 N–H and O–H groups in total. The standard InChI is InChI=1S/C27H29FN2O5/c1-33-25-4-2-3-5-26(25)34-15-14-30-17-22(31)18-35-23-12-8-20(9-13-23)24(27(29)32)16-19-6-10-21(28)11-7-19/h2-13,16,22,30-31H,14-15,17-18H2,1H3,(H2,29,32). The number of para-hydroxylation sites is 2. The number of amides is 1. The van der Waals surface area contributed by atoms with Gasteiger partial charge in [0.2, 0.25) is 5.91 Å². The Balaban J connectivity index is 1.43. The minimum Gasteiger partial charge on any atom is -0.493 e. The number of nitrogens with two attached hydrogens (primary N) is 1. The zero-order valence-electron chi connectivity index (χ0n) is 19.4. The molecular weight excluding hydrogens is 451 g/mol. The first-order valence-electron chi connectivity index (χ1n) is 11.1. The molecule has 0 spiro atoms. The molecule has 3 aromatic carbocycles. The number of ether oxygens (including phenoxy) is 3. The van der Waals surface area contributed by atoms with E-state index in [1.807, 2.05) is 24.3 Å². The molecule has 184 valence electrons. The number of carbonyl (C=O) groups excluding carboxylic acids is 1. The second-order valence-corrected chi connectivity index (χ2v) is 7.67. The fourth-order valence-electron chi connectivity index (χ4n) is 3.24. The Morgan fingerprint density at radius 1 is 1.03 bits per heavy atom. The van der Waals surface area contributed by atoms with Crippen LogP contribution < -0.4 is 25.3 Å². The topological polar surface area (TPSA) is 103 Å². The summed E-state index contributed by atoms with van der Waals surface area (Å²) in [6, 6.07) is 20.0. The Morgan fingerprint density at radius 3 is 2.37 bits per heavy atom. The molecule has 0 saturated heterocycles. The predicted molar refractivity (Wildman–Crippen MR) is 133 cm³/mol. The summed E-state index contributed by atoms with van der Waals surface area (Å²) in [7, 11) is 1.59. The van der Waals surface area contributed by atoms with Crippen LogP contribution in [0.1, 0.15) is 11.1 Å². The number of benzene rings is 3. The largest absolute Gasteiger partial charge is 0.493 e. The van der Waals surface area contributed by atoms with Crippen molar-refractivity contribution in [2.45, 2.75) is 6.10 Å². The number of methoxy groups -OCH3 is 1. The molecule has 1 amide bonds. The Labute approximate surface area is 203 Å². The van der Waals surface area contributed by atoms with Gasteiger partial charge in [0.1, 0.15) is 30.9 Å². The van der Waals surface area contributed by atoms with Gasteiger partial charge in [-0.2, -0.15) is 0 Å². The number of carbonyl (C=O) groups is 1. The van der Waals surface area contributed by atoms with Gasteiger partial charge in [-0.15, -0.1) is 0 Å². The van der Waals surface area contributed by atoms with Crippen LogP contribution in [0.5, 0.6) is 17.2 Å². The molecule has 8 heteroatoms. The van der Waals surface area contributed by atoms with Gasteiger partial charge in [0.05, 0.1) is 7.11 Å². The average molecular weight is 481 g/mol. The second-order valence-electron chi connectivity index (χ2n) is 7.67. The van der Waals surface area contributed by atoms with E-state index in [2.05, 4.69) is 5.32 Å². The highest BCUT2D eigenvalue weighted by Crippen LogP contribution is 2.25. The molecule has 3 rings (SSSR count). The molecule has 0 aliphatic rings. The van der Waals surface area contributed by atoms with Gasteiger partial charge in [0.25, 0.3) is 0 Å². The molecule has 0 radical (unpaired) electrons. The van der Waals surface area contributed by atoms with Gasteiger partial charge in [-0.3, -0.25) is 4.79 Å². The minimum absolute atomic E-state index is 0.0911. The summed E-state index contributed by atoms with van der Waals surface area (Å²) in [5.41, 5.74) is 7.08. The zero-order valence-corrected chi connectivity index (χ0v) is 19.4.